The van der Waals surface area contributed by atoms with E-state index in [1.165, 1.54) is 29.3 Å². The molecule has 5 nitrogen and oxygen atoms in total. The molecule has 1 heterocycles. The summed E-state index contributed by atoms with van der Waals surface area (Å²) in [7, 11) is 1.62. The number of rotatable bonds is 2. The highest BCUT2D eigenvalue weighted by molar-refractivity contribution is 6.04. The van der Waals surface area contributed by atoms with Gasteiger partial charge in [-0.2, -0.15) is 5.26 Å². The van der Waals surface area contributed by atoms with Crippen LogP contribution in [0.5, 0.6) is 5.75 Å². The lowest BCUT2D eigenvalue weighted by molar-refractivity contribution is 0.0988. The third-order valence-electron chi connectivity index (χ3n) is 2.65. The highest BCUT2D eigenvalue weighted by Crippen LogP contribution is 2.18. The molecule has 0 atom stereocenters. The Kier molecular flexibility index (Phi) is 3.44. The Bertz CT molecular complexity index is 627. The minimum atomic E-state index is -0.282. The predicted octanol–water partition coefficient (Wildman–Crippen LogP) is 1.94. The van der Waals surface area contributed by atoms with Crippen LogP contribution in [0.15, 0.2) is 42.6 Å². The summed E-state index contributed by atoms with van der Waals surface area (Å²) < 4.78 is 0. The van der Waals surface area contributed by atoms with E-state index < -0.39 is 0 Å². The summed E-state index contributed by atoms with van der Waals surface area (Å²) in [5, 5.41) is 17.9. The molecular formula is C14H11N3O2. The van der Waals surface area contributed by atoms with Gasteiger partial charge in [0.05, 0.1) is 5.56 Å². The van der Waals surface area contributed by atoms with Gasteiger partial charge in [0.2, 0.25) is 0 Å². The molecule has 0 fully saturated rings. The maximum atomic E-state index is 12.1. The van der Waals surface area contributed by atoms with Gasteiger partial charge in [0, 0.05) is 18.9 Å². The van der Waals surface area contributed by atoms with Gasteiger partial charge in [0.25, 0.3) is 5.91 Å². The number of amides is 1. The minimum absolute atomic E-state index is 0.140. The van der Waals surface area contributed by atoms with Crippen molar-refractivity contribution in [2.45, 2.75) is 0 Å². The predicted molar refractivity (Wildman–Crippen MR) is 69.8 cm³/mol. The first kappa shape index (κ1) is 12.6. The van der Waals surface area contributed by atoms with Crippen molar-refractivity contribution >= 4 is 11.6 Å². The summed E-state index contributed by atoms with van der Waals surface area (Å²) in [5.74, 6) is -0.142. The maximum Gasteiger partial charge on any atom is 0.276 e. The van der Waals surface area contributed by atoms with Crippen molar-refractivity contribution in [2.75, 3.05) is 11.9 Å². The summed E-state index contributed by atoms with van der Waals surface area (Å²) in [6, 6.07) is 11.3. The fraction of sp³-hybridized carbons (Fsp3) is 0.0714. The number of aromatic hydroxyl groups is 1. The zero-order valence-electron chi connectivity index (χ0n) is 10.2. The Morgan fingerprint density at radius 3 is 2.47 bits per heavy atom. The third-order valence-corrected chi connectivity index (χ3v) is 2.65. The standard InChI is InChI=1S/C14H11N3O2/c1-17(11-3-5-12(18)6-4-11)14(19)13-7-2-10(8-15)9-16-13/h2-7,9,18H,1H3. The van der Waals surface area contributed by atoms with Crippen molar-refractivity contribution in [3.8, 4) is 11.8 Å². The largest absolute Gasteiger partial charge is 0.508 e. The minimum Gasteiger partial charge on any atom is -0.508 e. The molecule has 0 aliphatic carbocycles. The summed E-state index contributed by atoms with van der Waals surface area (Å²) in [6.07, 6.45) is 1.36. The number of phenols is 1. The van der Waals surface area contributed by atoms with Crippen LogP contribution >= 0.6 is 0 Å². The molecule has 0 spiro atoms. The van der Waals surface area contributed by atoms with Crippen LogP contribution in [0, 0.1) is 11.3 Å². The molecular weight excluding hydrogens is 242 g/mol. The number of hydrogen-bond acceptors (Lipinski definition) is 4. The van der Waals surface area contributed by atoms with Gasteiger partial charge >= 0.3 is 0 Å². The van der Waals surface area contributed by atoms with Crippen molar-refractivity contribution in [3.05, 3.63) is 53.9 Å². The zero-order chi connectivity index (χ0) is 13.8. The number of pyridine rings is 1. The van der Waals surface area contributed by atoms with Crippen LogP contribution in [-0.4, -0.2) is 23.0 Å². The van der Waals surface area contributed by atoms with Crippen LogP contribution in [0.4, 0.5) is 5.69 Å². The maximum absolute atomic E-state index is 12.1. The first-order valence-electron chi connectivity index (χ1n) is 5.55. The molecule has 0 radical (unpaired) electrons. The molecule has 1 amide bonds. The molecule has 0 aliphatic rings. The number of benzene rings is 1. The molecule has 0 saturated carbocycles. The lowest BCUT2D eigenvalue weighted by atomic mass is 10.2. The van der Waals surface area contributed by atoms with Crippen LogP contribution in [0.2, 0.25) is 0 Å². The van der Waals surface area contributed by atoms with Gasteiger partial charge in [0.15, 0.2) is 0 Å². The average Bonchev–Trinajstić information content (AvgIpc) is 2.46. The van der Waals surface area contributed by atoms with E-state index >= 15 is 0 Å². The summed E-state index contributed by atoms with van der Waals surface area (Å²) in [4.78, 5) is 17.5. The lowest BCUT2D eigenvalue weighted by Gasteiger charge is -2.16. The van der Waals surface area contributed by atoms with Crippen LogP contribution in [0.3, 0.4) is 0 Å². The van der Waals surface area contributed by atoms with Crippen LogP contribution in [0.25, 0.3) is 0 Å². The van der Waals surface area contributed by atoms with Crippen molar-refractivity contribution in [1.29, 1.82) is 5.26 Å². The zero-order valence-corrected chi connectivity index (χ0v) is 10.2. The van der Waals surface area contributed by atoms with Crippen LogP contribution in [0.1, 0.15) is 16.1 Å². The Morgan fingerprint density at radius 1 is 1.26 bits per heavy atom. The number of nitriles is 1. The Hall–Kier alpha value is -2.87. The molecule has 0 unspecified atom stereocenters. The van der Waals surface area contributed by atoms with Crippen molar-refractivity contribution in [2.24, 2.45) is 0 Å². The fourth-order valence-electron chi connectivity index (χ4n) is 1.55. The monoisotopic (exact) mass is 253 g/mol. The number of aromatic nitrogens is 1. The molecule has 1 aromatic heterocycles. The van der Waals surface area contributed by atoms with Crippen molar-refractivity contribution in [1.82, 2.24) is 4.98 Å². The van der Waals surface area contributed by atoms with Crippen molar-refractivity contribution in [3.63, 3.8) is 0 Å². The van der Waals surface area contributed by atoms with Gasteiger partial charge in [-0.1, -0.05) is 0 Å². The number of phenolic OH excluding ortho intramolecular Hbond substituents is 1. The first-order valence-corrected chi connectivity index (χ1v) is 5.55. The van der Waals surface area contributed by atoms with E-state index in [-0.39, 0.29) is 17.4 Å². The highest BCUT2D eigenvalue weighted by Gasteiger charge is 2.14. The Balaban J connectivity index is 2.23. The normalized spacial score (nSPS) is 9.68. The highest BCUT2D eigenvalue weighted by atomic mass is 16.3. The SMILES string of the molecule is CN(C(=O)c1ccc(C#N)cn1)c1ccc(O)cc1. The van der Waals surface area contributed by atoms with E-state index in [0.29, 0.717) is 11.3 Å². The number of anilines is 1. The molecule has 0 aliphatic heterocycles. The van der Waals surface area contributed by atoms with Gasteiger partial charge in [-0.05, 0) is 36.4 Å². The number of nitrogens with zero attached hydrogens (tertiary/aromatic N) is 3. The second-order valence-electron chi connectivity index (χ2n) is 3.92. The van der Waals surface area contributed by atoms with E-state index in [0.717, 1.165) is 0 Å². The lowest BCUT2D eigenvalue weighted by Crippen LogP contribution is -2.26. The second-order valence-corrected chi connectivity index (χ2v) is 3.92. The molecule has 94 valence electrons. The molecule has 1 aromatic carbocycles. The van der Waals surface area contributed by atoms with Gasteiger partial charge in [-0.15, -0.1) is 0 Å². The molecule has 0 saturated heterocycles. The van der Waals surface area contributed by atoms with E-state index in [9.17, 15) is 9.90 Å². The molecule has 0 bridgehead atoms. The third kappa shape index (κ3) is 2.69. The topological polar surface area (TPSA) is 77.2 Å². The smallest absolute Gasteiger partial charge is 0.276 e. The van der Waals surface area contributed by atoms with Gasteiger partial charge in [0.1, 0.15) is 17.5 Å². The Morgan fingerprint density at radius 2 is 1.95 bits per heavy atom. The molecule has 2 aromatic rings. The molecule has 19 heavy (non-hydrogen) atoms. The van der Waals surface area contributed by atoms with Gasteiger partial charge in [-0.3, -0.25) is 4.79 Å². The van der Waals surface area contributed by atoms with Crippen molar-refractivity contribution < 1.29 is 9.90 Å². The fourth-order valence-corrected chi connectivity index (χ4v) is 1.55. The number of carbonyl (C=O) groups is 1. The number of carbonyl (C=O) groups excluding carboxylic acids is 1. The van der Waals surface area contributed by atoms with Crippen LogP contribution in [-0.2, 0) is 0 Å². The van der Waals surface area contributed by atoms with E-state index in [4.69, 9.17) is 5.26 Å². The van der Waals surface area contributed by atoms with E-state index in [2.05, 4.69) is 4.98 Å². The van der Waals surface area contributed by atoms with E-state index in [1.807, 2.05) is 6.07 Å². The second kappa shape index (κ2) is 5.19. The van der Waals surface area contributed by atoms with E-state index in [1.54, 1.807) is 25.2 Å². The van der Waals surface area contributed by atoms with Gasteiger partial charge < -0.3 is 10.0 Å². The van der Waals surface area contributed by atoms with Crippen LogP contribution < -0.4 is 4.90 Å². The molecule has 2 rings (SSSR count). The average molecular weight is 253 g/mol. The van der Waals surface area contributed by atoms with Gasteiger partial charge in [-0.25, -0.2) is 4.98 Å². The quantitative estimate of drug-likeness (QED) is 0.887. The molecule has 1 N–H and O–H groups in total. The number of hydrogen-bond donors (Lipinski definition) is 1. The summed E-state index contributed by atoms with van der Waals surface area (Å²) in [5.41, 5.74) is 1.31. The first-order chi connectivity index (χ1) is 9.11. The Labute approximate surface area is 110 Å². The molecule has 5 heteroatoms. The summed E-state index contributed by atoms with van der Waals surface area (Å²) >= 11 is 0. The summed E-state index contributed by atoms with van der Waals surface area (Å²) in [6.45, 7) is 0.